The van der Waals surface area contributed by atoms with Crippen LogP contribution in [0.4, 0.5) is 5.69 Å². The lowest BCUT2D eigenvalue weighted by atomic mass is 9.92. The third-order valence-corrected chi connectivity index (χ3v) is 8.13. The van der Waals surface area contributed by atoms with Gasteiger partial charge in [0.25, 0.3) is 0 Å². The second-order valence-corrected chi connectivity index (χ2v) is 10.3. The number of nitrogens with zero attached hydrogens (tertiary/aromatic N) is 2. The molecule has 2 fully saturated rings. The summed E-state index contributed by atoms with van der Waals surface area (Å²) in [5.41, 5.74) is 5.79. The fourth-order valence-corrected chi connectivity index (χ4v) is 5.92. The fraction of sp³-hybridized carbons (Fsp3) is 0.290. The number of para-hydroxylation sites is 1. The lowest BCUT2D eigenvalue weighted by Crippen LogP contribution is -2.38. The van der Waals surface area contributed by atoms with E-state index in [0.717, 1.165) is 78.4 Å². The Labute approximate surface area is 221 Å². The van der Waals surface area contributed by atoms with Gasteiger partial charge >= 0.3 is 0 Å². The molecule has 38 heavy (non-hydrogen) atoms. The van der Waals surface area contributed by atoms with E-state index in [1.54, 1.807) is 0 Å². The summed E-state index contributed by atoms with van der Waals surface area (Å²) < 4.78 is 11.3. The zero-order valence-corrected chi connectivity index (χ0v) is 21.2. The summed E-state index contributed by atoms with van der Waals surface area (Å²) in [6, 6.07) is 22.6. The highest BCUT2D eigenvalue weighted by molar-refractivity contribution is 6.09. The van der Waals surface area contributed by atoms with Crippen LogP contribution in [0.15, 0.2) is 66.7 Å². The number of aromatic amines is 1. The minimum atomic E-state index is -0.425. The van der Waals surface area contributed by atoms with Gasteiger partial charge in [0, 0.05) is 36.6 Å². The Morgan fingerprint density at radius 3 is 2.76 bits per heavy atom. The zero-order chi connectivity index (χ0) is 25.5. The average Bonchev–Trinajstić information content (AvgIpc) is 3.49. The van der Waals surface area contributed by atoms with Gasteiger partial charge in [0.1, 0.15) is 12.4 Å². The SMILES string of the molecule is O=C1Nc2ccccc2C12CC2c1ccc2c(/C=C/c3ccc(OCCN4CCOCC4)cc3)n[nH]c2c1. The largest absolute Gasteiger partial charge is 0.492 e. The number of ether oxygens (including phenoxy) is 2. The Hall–Kier alpha value is -3.94. The molecule has 0 bridgehead atoms. The Kier molecular flexibility index (Phi) is 5.75. The van der Waals surface area contributed by atoms with Crippen LogP contribution in [-0.4, -0.2) is 60.5 Å². The van der Waals surface area contributed by atoms with Gasteiger partial charge in [-0.2, -0.15) is 5.10 Å². The van der Waals surface area contributed by atoms with Crippen molar-refractivity contribution in [2.45, 2.75) is 17.8 Å². The van der Waals surface area contributed by atoms with Crippen molar-refractivity contribution in [1.29, 1.82) is 0 Å². The topological polar surface area (TPSA) is 79.5 Å². The molecule has 1 amide bonds. The van der Waals surface area contributed by atoms with Gasteiger partial charge in [-0.25, -0.2) is 0 Å². The highest BCUT2D eigenvalue weighted by Crippen LogP contribution is 2.64. The summed E-state index contributed by atoms with van der Waals surface area (Å²) in [7, 11) is 0. The molecule has 3 aliphatic rings. The Balaban J connectivity index is 1.01. The highest BCUT2D eigenvalue weighted by Gasteiger charge is 2.65. The van der Waals surface area contributed by atoms with E-state index in [0.29, 0.717) is 6.61 Å². The van der Waals surface area contributed by atoms with E-state index >= 15 is 0 Å². The predicted octanol–water partition coefficient (Wildman–Crippen LogP) is 4.82. The molecule has 7 nitrogen and oxygen atoms in total. The number of carbonyl (C=O) groups is 1. The van der Waals surface area contributed by atoms with Crippen LogP contribution in [0, 0.1) is 0 Å². The third kappa shape index (κ3) is 4.08. The maximum absolute atomic E-state index is 12.9. The molecule has 1 saturated carbocycles. The Morgan fingerprint density at radius 1 is 1.05 bits per heavy atom. The van der Waals surface area contributed by atoms with E-state index in [1.807, 2.05) is 36.4 Å². The normalized spacial score (nSPS) is 22.7. The van der Waals surface area contributed by atoms with Crippen LogP contribution >= 0.6 is 0 Å². The number of amides is 1. The number of anilines is 1. The van der Waals surface area contributed by atoms with Gasteiger partial charge in [0.2, 0.25) is 5.91 Å². The fourth-order valence-electron chi connectivity index (χ4n) is 5.92. The standard InChI is InChI=1S/C31H30N4O3/c36-30-31(25-3-1-2-4-28(25)32-30)20-26(31)22-8-11-24-27(33-34-29(24)19-22)12-7-21-5-9-23(10-6-21)38-18-15-35-13-16-37-17-14-35/h1-12,19,26H,13-18,20H2,(H,32,36)(H,33,34)/b12-7+. The van der Waals surface area contributed by atoms with Crippen LogP contribution in [0.2, 0.25) is 0 Å². The van der Waals surface area contributed by atoms with Gasteiger partial charge in [-0.15, -0.1) is 0 Å². The molecule has 2 N–H and O–H groups in total. The number of benzene rings is 3. The molecule has 1 saturated heterocycles. The summed E-state index contributed by atoms with van der Waals surface area (Å²) in [6.07, 6.45) is 4.94. The van der Waals surface area contributed by atoms with E-state index < -0.39 is 5.41 Å². The van der Waals surface area contributed by atoms with Gasteiger partial charge in [-0.05, 0) is 53.5 Å². The number of nitrogens with one attached hydrogen (secondary N) is 2. The van der Waals surface area contributed by atoms with Crippen LogP contribution in [0.3, 0.4) is 0 Å². The number of hydrogen-bond donors (Lipinski definition) is 2. The van der Waals surface area contributed by atoms with E-state index in [2.05, 4.69) is 62.9 Å². The number of fused-ring (bicyclic) bond motifs is 3. The smallest absolute Gasteiger partial charge is 0.235 e. The number of aromatic nitrogens is 2. The minimum Gasteiger partial charge on any atom is -0.492 e. The molecule has 1 aromatic heterocycles. The molecule has 2 unspecified atom stereocenters. The number of rotatable bonds is 7. The zero-order valence-electron chi connectivity index (χ0n) is 21.2. The van der Waals surface area contributed by atoms with Crippen molar-refractivity contribution >= 4 is 34.6 Å². The van der Waals surface area contributed by atoms with Crippen molar-refractivity contribution in [2.75, 3.05) is 44.8 Å². The number of morpholine rings is 1. The highest BCUT2D eigenvalue weighted by atomic mass is 16.5. The number of hydrogen-bond acceptors (Lipinski definition) is 5. The summed E-state index contributed by atoms with van der Waals surface area (Å²) in [4.78, 5) is 15.2. The molecule has 7 rings (SSSR count). The first kappa shape index (κ1) is 23.2. The maximum Gasteiger partial charge on any atom is 0.235 e. The molecule has 2 aliphatic heterocycles. The van der Waals surface area contributed by atoms with Gasteiger partial charge in [-0.1, -0.05) is 48.5 Å². The number of carbonyl (C=O) groups excluding carboxylic acids is 1. The van der Waals surface area contributed by atoms with Crippen LogP contribution in [-0.2, 0) is 14.9 Å². The summed E-state index contributed by atoms with van der Waals surface area (Å²) in [5, 5.41) is 11.9. The van der Waals surface area contributed by atoms with Gasteiger partial charge in [-0.3, -0.25) is 14.8 Å². The molecule has 7 heteroatoms. The second kappa shape index (κ2) is 9.42. The molecule has 0 radical (unpaired) electrons. The van der Waals surface area contributed by atoms with Crippen molar-refractivity contribution in [3.8, 4) is 5.75 Å². The summed E-state index contributed by atoms with van der Waals surface area (Å²) in [5.74, 6) is 1.18. The average molecular weight is 507 g/mol. The quantitative estimate of drug-likeness (QED) is 0.376. The molecular formula is C31H30N4O3. The Bertz CT molecular complexity index is 1520. The molecule has 1 aliphatic carbocycles. The van der Waals surface area contributed by atoms with Gasteiger partial charge in [0.05, 0.1) is 29.8 Å². The van der Waals surface area contributed by atoms with Gasteiger partial charge < -0.3 is 14.8 Å². The maximum atomic E-state index is 12.9. The van der Waals surface area contributed by atoms with Crippen LogP contribution < -0.4 is 10.1 Å². The van der Waals surface area contributed by atoms with Crippen LogP contribution in [0.5, 0.6) is 5.75 Å². The lowest BCUT2D eigenvalue weighted by Gasteiger charge is -2.26. The van der Waals surface area contributed by atoms with E-state index in [9.17, 15) is 4.79 Å². The summed E-state index contributed by atoms with van der Waals surface area (Å²) >= 11 is 0. The lowest BCUT2D eigenvalue weighted by molar-refractivity contribution is -0.118. The molecular weight excluding hydrogens is 476 g/mol. The van der Waals surface area contributed by atoms with Crippen molar-refractivity contribution in [3.05, 3.63) is 89.1 Å². The van der Waals surface area contributed by atoms with Crippen LogP contribution in [0.1, 0.15) is 34.7 Å². The van der Waals surface area contributed by atoms with Crippen molar-refractivity contribution in [2.24, 2.45) is 0 Å². The van der Waals surface area contributed by atoms with E-state index in [1.165, 1.54) is 5.56 Å². The summed E-state index contributed by atoms with van der Waals surface area (Å²) in [6.45, 7) is 5.16. The van der Waals surface area contributed by atoms with E-state index in [-0.39, 0.29) is 11.8 Å². The third-order valence-electron chi connectivity index (χ3n) is 8.13. The van der Waals surface area contributed by atoms with Crippen molar-refractivity contribution in [1.82, 2.24) is 15.1 Å². The second-order valence-electron chi connectivity index (χ2n) is 10.3. The molecule has 192 valence electrons. The van der Waals surface area contributed by atoms with Gasteiger partial charge in [0.15, 0.2) is 0 Å². The van der Waals surface area contributed by atoms with Crippen LogP contribution in [0.25, 0.3) is 23.1 Å². The molecule has 2 atom stereocenters. The first-order valence-electron chi connectivity index (χ1n) is 13.3. The van der Waals surface area contributed by atoms with Crippen molar-refractivity contribution < 1.29 is 14.3 Å². The van der Waals surface area contributed by atoms with E-state index in [4.69, 9.17) is 9.47 Å². The first-order chi connectivity index (χ1) is 18.7. The van der Waals surface area contributed by atoms with Crippen molar-refractivity contribution in [3.63, 3.8) is 0 Å². The first-order valence-corrected chi connectivity index (χ1v) is 13.3. The molecule has 3 aromatic carbocycles. The molecule has 4 aromatic rings. The predicted molar refractivity (Wildman–Crippen MR) is 148 cm³/mol. The minimum absolute atomic E-state index is 0.116. The number of H-pyrrole nitrogens is 1. The monoisotopic (exact) mass is 506 g/mol. The molecule has 1 spiro atoms. The molecule has 3 heterocycles. The Morgan fingerprint density at radius 2 is 1.89 bits per heavy atom.